The second kappa shape index (κ2) is 13.5. The number of nitrogens with one attached hydrogen (secondary N) is 1. The summed E-state index contributed by atoms with van der Waals surface area (Å²) in [6.45, 7) is 6.74. The summed E-state index contributed by atoms with van der Waals surface area (Å²) in [6.07, 6.45) is 3.36. The van der Waals surface area contributed by atoms with Gasteiger partial charge in [0.15, 0.2) is 0 Å². The molecule has 0 saturated heterocycles. The zero-order valence-corrected chi connectivity index (χ0v) is 22.5. The molecule has 9 heteroatoms. The van der Waals surface area contributed by atoms with Gasteiger partial charge in [-0.05, 0) is 56.0 Å². The highest BCUT2D eigenvalue weighted by molar-refractivity contribution is 7.92. The number of nitrogens with zero attached hydrogens (tertiary/aromatic N) is 2. The molecule has 1 N–H and O–H groups in total. The summed E-state index contributed by atoms with van der Waals surface area (Å²) in [4.78, 5) is 27.7. The fraction of sp³-hybridized carbons (Fsp3) is 0.462. The van der Waals surface area contributed by atoms with Gasteiger partial charge in [-0.3, -0.25) is 13.9 Å². The third kappa shape index (κ3) is 8.85. The monoisotopic (exact) mass is 521 g/mol. The second-order valence-corrected chi connectivity index (χ2v) is 11.0. The van der Waals surface area contributed by atoms with Gasteiger partial charge in [-0.2, -0.15) is 0 Å². The van der Waals surface area contributed by atoms with E-state index in [4.69, 9.17) is 11.6 Å². The minimum Gasteiger partial charge on any atom is -0.354 e. The molecule has 0 spiro atoms. The van der Waals surface area contributed by atoms with E-state index >= 15 is 0 Å². The van der Waals surface area contributed by atoms with Crippen LogP contribution in [0.5, 0.6) is 0 Å². The Labute approximate surface area is 214 Å². The Bertz CT molecular complexity index is 1110. The van der Waals surface area contributed by atoms with Crippen molar-refractivity contribution in [2.75, 3.05) is 23.7 Å². The zero-order valence-electron chi connectivity index (χ0n) is 21.0. The first-order chi connectivity index (χ1) is 16.5. The van der Waals surface area contributed by atoms with Crippen LogP contribution in [0.25, 0.3) is 0 Å². The predicted molar refractivity (Wildman–Crippen MR) is 142 cm³/mol. The van der Waals surface area contributed by atoms with Crippen LogP contribution in [0.1, 0.15) is 50.7 Å². The van der Waals surface area contributed by atoms with Crippen LogP contribution in [0.15, 0.2) is 48.5 Å². The highest BCUT2D eigenvalue weighted by Gasteiger charge is 2.27. The number of hydrogen-bond acceptors (Lipinski definition) is 4. The van der Waals surface area contributed by atoms with Crippen molar-refractivity contribution in [3.05, 3.63) is 64.7 Å². The molecule has 1 unspecified atom stereocenters. The summed E-state index contributed by atoms with van der Waals surface area (Å²) in [5.74, 6) is -0.400. The second-order valence-electron chi connectivity index (χ2n) is 8.69. The Morgan fingerprint density at radius 3 is 2.43 bits per heavy atom. The maximum Gasteiger partial charge on any atom is 0.242 e. The molecule has 0 fully saturated rings. The first kappa shape index (κ1) is 28.7. The number of amides is 2. The topological polar surface area (TPSA) is 86.8 Å². The van der Waals surface area contributed by atoms with Gasteiger partial charge in [0, 0.05) is 31.1 Å². The highest BCUT2D eigenvalue weighted by atomic mass is 35.5. The van der Waals surface area contributed by atoms with E-state index in [1.165, 1.54) is 4.31 Å². The fourth-order valence-electron chi connectivity index (χ4n) is 3.72. The molecule has 192 valence electrons. The number of carbonyl (C=O) groups excluding carboxylic acids is 2. The highest BCUT2D eigenvalue weighted by Crippen LogP contribution is 2.23. The lowest BCUT2D eigenvalue weighted by molar-refractivity contribution is -0.140. The van der Waals surface area contributed by atoms with Crippen molar-refractivity contribution in [2.45, 2.75) is 59.0 Å². The standard InChI is InChI=1S/C26H36ClN3O4S/c1-5-6-16-28-26(32)21(3)29(19-22-12-8-7-11-20(22)2)25(31)15-10-17-30(35(4,33)34)24-14-9-13-23(27)18-24/h7-9,11-14,18,21H,5-6,10,15-17,19H2,1-4H3,(H,28,32). The average molecular weight is 522 g/mol. The van der Waals surface area contributed by atoms with Crippen LogP contribution >= 0.6 is 11.6 Å². The summed E-state index contributed by atoms with van der Waals surface area (Å²) in [7, 11) is -3.56. The van der Waals surface area contributed by atoms with Crippen molar-refractivity contribution in [3.63, 3.8) is 0 Å². The molecule has 0 saturated carbocycles. The third-order valence-electron chi connectivity index (χ3n) is 5.85. The van der Waals surface area contributed by atoms with E-state index < -0.39 is 16.1 Å². The summed E-state index contributed by atoms with van der Waals surface area (Å²) < 4.78 is 26.0. The Hall–Kier alpha value is -2.58. The molecule has 2 rings (SSSR count). The molecule has 0 radical (unpaired) electrons. The fourth-order valence-corrected chi connectivity index (χ4v) is 4.87. The molecular formula is C26H36ClN3O4S. The van der Waals surface area contributed by atoms with Crippen LogP contribution in [0, 0.1) is 6.92 Å². The molecule has 0 aliphatic heterocycles. The first-order valence-electron chi connectivity index (χ1n) is 11.9. The van der Waals surface area contributed by atoms with E-state index in [0.29, 0.717) is 30.2 Å². The number of sulfonamides is 1. The lowest BCUT2D eigenvalue weighted by Crippen LogP contribution is -2.48. The molecule has 2 aromatic rings. The largest absolute Gasteiger partial charge is 0.354 e. The van der Waals surface area contributed by atoms with Crippen molar-refractivity contribution in [2.24, 2.45) is 0 Å². The van der Waals surface area contributed by atoms with Crippen molar-refractivity contribution in [3.8, 4) is 0 Å². The Morgan fingerprint density at radius 2 is 1.80 bits per heavy atom. The van der Waals surface area contributed by atoms with E-state index in [-0.39, 0.29) is 24.8 Å². The van der Waals surface area contributed by atoms with Crippen LogP contribution in [0.2, 0.25) is 5.02 Å². The molecule has 0 heterocycles. The van der Waals surface area contributed by atoms with E-state index in [0.717, 1.165) is 30.2 Å². The SMILES string of the molecule is CCCCNC(=O)C(C)N(Cc1ccccc1C)C(=O)CCCN(c1cccc(Cl)c1)S(C)(=O)=O. The van der Waals surface area contributed by atoms with Gasteiger partial charge in [0.25, 0.3) is 0 Å². The number of rotatable bonds is 13. The molecule has 1 atom stereocenters. The Kier molecular flexibility index (Phi) is 11.0. The van der Waals surface area contributed by atoms with E-state index in [2.05, 4.69) is 5.32 Å². The first-order valence-corrected chi connectivity index (χ1v) is 14.1. The van der Waals surface area contributed by atoms with Gasteiger partial charge in [-0.25, -0.2) is 8.42 Å². The van der Waals surface area contributed by atoms with Crippen LogP contribution < -0.4 is 9.62 Å². The minimum atomic E-state index is -3.56. The van der Waals surface area contributed by atoms with E-state index in [9.17, 15) is 18.0 Å². The smallest absolute Gasteiger partial charge is 0.242 e. The number of aryl methyl sites for hydroxylation is 1. The van der Waals surface area contributed by atoms with Crippen LogP contribution in [-0.4, -0.2) is 50.5 Å². The van der Waals surface area contributed by atoms with E-state index in [1.54, 1.807) is 36.1 Å². The predicted octanol–water partition coefficient (Wildman–Crippen LogP) is 4.53. The molecule has 2 amide bonds. The van der Waals surface area contributed by atoms with Crippen molar-refractivity contribution in [1.82, 2.24) is 10.2 Å². The van der Waals surface area contributed by atoms with Gasteiger partial charge in [-0.1, -0.05) is 55.3 Å². The zero-order chi connectivity index (χ0) is 26.0. The Morgan fingerprint density at radius 1 is 1.09 bits per heavy atom. The number of carbonyl (C=O) groups is 2. The number of anilines is 1. The maximum absolute atomic E-state index is 13.3. The average Bonchev–Trinajstić information content (AvgIpc) is 2.80. The molecule has 7 nitrogen and oxygen atoms in total. The third-order valence-corrected chi connectivity index (χ3v) is 7.28. The van der Waals surface area contributed by atoms with Gasteiger partial charge < -0.3 is 10.2 Å². The number of benzene rings is 2. The normalized spacial score (nSPS) is 12.1. The lowest BCUT2D eigenvalue weighted by Gasteiger charge is -2.30. The van der Waals surface area contributed by atoms with Crippen LogP contribution in [0.4, 0.5) is 5.69 Å². The summed E-state index contributed by atoms with van der Waals surface area (Å²) in [5.41, 5.74) is 2.45. The van der Waals surface area contributed by atoms with Gasteiger partial charge in [-0.15, -0.1) is 0 Å². The molecular weight excluding hydrogens is 486 g/mol. The van der Waals surface area contributed by atoms with Gasteiger partial charge in [0.2, 0.25) is 21.8 Å². The molecule has 0 aromatic heterocycles. The van der Waals surface area contributed by atoms with Crippen molar-refractivity contribution in [1.29, 1.82) is 0 Å². The number of unbranched alkanes of at least 4 members (excludes halogenated alkanes) is 1. The Balaban J connectivity index is 2.15. The number of hydrogen-bond donors (Lipinski definition) is 1. The van der Waals surface area contributed by atoms with Gasteiger partial charge in [0.1, 0.15) is 6.04 Å². The summed E-state index contributed by atoms with van der Waals surface area (Å²) in [5, 5.41) is 3.34. The molecule has 2 aromatic carbocycles. The number of halogens is 1. The van der Waals surface area contributed by atoms with E-state index in [1.807, 2.05) is 38.1 Å². The maximum atomic E-state index is 13.3. The molecule has 0 bridgehead atoms. The molecule has 0 aliphatic rings. The summed E-state index contributed by atoms with van der Waals surface area (Å²) >= 11 is 6.04. The molecule has 35 heavy (non-hydrogen) atoms. The van der Waals surface area contributed by atoms with Crippen molar-refractivity contribution < 1.29 is 18.0 Å². The molecule has 0 aliphatic carbocycles. The van der Waals surface area contributed by atoms with Gasteiger partial charge >= 0.3 is 0 Å². The minimum absolute atomic E-state index is 0.102. The quantitative estimate of drug-likeness (QED) is 0.392. The van der Waals surface area contributed by atoms with Gasteiger partial charge in [0.05, 0.1) is 11.9 Å². The summed E-state index contributed by atoms with van der Waals surface area (Å²) in [6, 6.07) is 13.7. The van der Waals surface area contributed by atoms with Crippen LogP contribution in [-0.2, 0) is 26.2 Å². The van der Waals surface area contributed by atoms with Crippen LogP contribution in [0.3, 0.4) is 0 Å². The van der Waals surface area contributed by atoms with Crippen molar-refractivity contribution >= 4 is 39.1 Å². The lowest BCUT2D eigenvalue weighted by atomic mass is 10.1.